The molecule has 0 amide bonds. The van der Waals surface area contributed by atoms with E-state index in [-0.39, 0.29) is 0 Å². The molecule has 0 N–H and O–H groups in total. The highest BCUT2D eigenvalue weighted by molar-refractivity contribution is 7.80. The SMILES string of the molecule is COc1cc2c(OC)cc1Cc1cc(OC)c(cc1OC)Cc1cc(OC)c(cc1OC)Cc1cc(OC)c(cc1OCCCCS)Cc1cc(OC)c(cc1OC)C2. The summed E-state index contributed by atoms with van der Waals surface area (Å²) in [6.45, 7) is 0.546. The molecule has 59 heavy (non-hydrogen) atoms. The van der Waals surface area contributed by atoms with E-state index in [4.69, 9.17) is 47.4 Å². The molecule has 15 rings (SSSR count). The lowest BCUT2D eigenvalue weighted by molar-refractivity contribution is 0.305. The highest BCUT2D eigenvalue weighted by Gasteiger charge is 2.23. The Labute approximate surface area is 354 Å². The maximum atomic E-state index is 6.55. The van der Waals surface area contributed by atoms with Gasteiger partial charge in [-0.3, -0.25) is 0 Å². The molecule has 0 unspecified atom stereocenters. The molecule has 0 spiro atoms. The summed E-state index contributed by atoms with van der Waals surface area (Å²) in [5, 5.41) is 0. The molecule has 0 aromatic heterocycles. The number of benzene rings is 5. The number of hydrogen-bond donors (Lipinski definition) is 1. The van der Waals surface area contributed by atoms with Crippen molar-refractivity contribution in [3.05, 3.63) is 116 Å². The highest BCUT2D eigenvalue weighted by Crippen LogP contribution is 2.42. The Balaban J connectivity index is 1.60. The third-order valence-electron chi connectivity index (χ3n) is 10.9. The predicted molar refractivity (Wildman–Crippen MR) is 234 cm³/mol. The monoisotopic (exact) mass is 824 g/mol. The minimum absolute atomic E-state index is 0.500. The summed E-state index contributed by atoms with van der Waals surface area (Å²) in [5.74, 6) is 8.03. The Bertz CT molecular complexity index is 2250. The average Bonchev–Trinajstić information content (AvgIpc) is 3.26. The zero-order chi connectivity index (χ0) is 42.1. The van der Waals surface area contributed by atoms with Gasteiger partial charge in [-0.05, 0) is 79.3 Å². The minimum Gasteiger partial charge on any atom is -0.496 e. The number of hydrogen-bond acceptors (Lipinski definition) is 11. The number of unbranched alkanes of at least 4 members (excludes halogenated alkanes) is 1. The molecule has 10 bridgehead atoms. The fourth-order valence-electron chi connectivity index (χ4n) is 7.87. The molecule has 0 aliphatic heterocycles. The molecule has 10 nitrogen and oxygen atoms in total. The molecule has 0 radical (unpaired) electrons. The van der Waals surface area contributed by atoms with Crippen LogP contribution in [0.4, 0.5) is 0 Å². The predicted octanol–water partition coefficient (Wildman–Crippen LogP) is 9.12. The molecule has 10 aliphatic rings. The van der Waals surface area contributed by atoms with Gasteiger partial charge in [0.1, 0.15) is 57.5 Å². The molecule has 11 heteroatoms. The van der Waals surface area contributed by atoms with Crippen molar-refractivity contribution in [1.29, 1.82) is 0 Å². The first kappa shape index (κ1) is 43.0. The quantitative estimate of drug-likeness (QED) is 0.0848. The van der Waals surface area contributed by atoms with Crippen LogP contribution in [0.2, 0.25) is 0 Å². The van der Waals surface area contributed by atoms with Gasteiger partial charge >= 0.3 is 0 Å². The van der Waals surface area contributed by atoms with Crippen LogP contribution < -0.4 is 47.4 Å². The average molecular weight is 825 g/mol. The normalized spacial score (nSPS) is 12.2. The molecule has 0 saturated heterocycles. The van der Waals surface area contributed by atoms with Crippen LogP contribution >= 0.6 is 12.6 Å². The highest BCUT2D eigenvalue weighted by atomic mass is 32.1. The van der Waals surface area contributed by atoms with Gasteiger partial charge in [-0.2, -0.15) is 12.6 Å². The van der Waals surface area contributed by atoms with E-state index in [0.717, 1.165) is 132 Å². The zero-order valence-electron chi connectivity index (χ0n) is 35.7. The number of thiol groups is 1. The van der Waals surface area contributed by atoms with Crippen molar-refractivity contribution < 1.29 is 47.4 Å². The van der Waals surface area contributed by atoms with Gasteiger partial charge < -0.3 is 47.4 Å². The molecular weight excluding hydrogens is 769 g/mol. The number of methoxy groups -OCH3 is 9. The van der Waals surface area contributed by atoms with Crippen LogP contribution in [0.25, 0.3) is 0 Å². The van der Waals surface area contributed by atoms with Gasteiger partial charge in [-0.1, -0.05) is 0 Å². The van der Waals surface area contributed by atoms with Crippen molar-refractivity contribution in [3.63, 3.8) is 0 Å². The van der Waals surface area contributed by atoms with Crippen LogP contribution in [0.3, 0.4) is 0 Å². The van der Waals surface area contributed by atoms with Crippen LogP contribution in [-0.4, -0.2) is 76.3 Å². The minimum atomic E-state index is 0.500. The van der Waals surface area contributed by atoms with Crippen LogP contribution in [0.5, 0.6) is 57.5 Å². The van der Waals surface area contributed by atoms with Crippen molar-refractivity contribution in [2.45, 2.75) is 44.9 Å². The second kappa shape index (κ2) is 19.9. The van der Waals surface area contributed by atoms with E-state index in [1.807, 2.05) is 48.5 Å². The fourth-order valence-corrected chi connectivity index (χ4v) is 8.09. The van der Waals surface area contributed by atoms with Gasteiger partial charge in [-0.15, -0.1) is 0 Å². The van der Waals surface area contributed by atoms with E-state index in [1.54, 1.807) is 64.0 Å². The van der Waals surface area contributed by atoms with E-state index in [1.165, 1.54) is 0 Å². The fraction of sp³-hybridized carbons (Fsp3) is 0.375. The lowest BCUT2D eigenvalue weighted by Crippen LogP contribution is -2.06. The molecular formula is C48H56O10S. The Kier molecular flexibility index (Phi) is 14.5. The standard InChI is InChI=1S/C48H56O10S/c1-49-39-21-31-15-33-23-44(54-6)35(25-43(33)53-5)17-37-28-48(58-12-10-11-13-59)38(27-47(37)57-9)18-36-26-45(55-7)34(24-46(36)56-8)16-32-22-41(51-3)30(20-42(32)52-4)14-29(39)19-40(31)50-2/h19-28,59H,10-18H2,1-9H3. The van der Waals surface area contributed by atoms with Gasteiger partial charge in [0.2, 0.25) is 0 Å². The van der Waals surface area contributed by atoms with Gasteiger partial charge in [-0.25, -0.2) is 0 Å². The zero-order valence-corrected chi connectivity index (χ0v) is 36.6. The molecule has 5 aromatic rings. The van der Waals surface area contributed by atoms with E-state index < -0.39 is 0 Å². The van der Waals surface area contributed by atoms with Crippen LogP contribution in [0, 0.1) is 0 Å². The van der Waals surface area contributed by atoms with Crippen molar-refractivity contribution in [2.24, 2.45) is 0 Å². The van der Waals surface area contributed by atoms with Crippen molar-refractivity contribution in [2.75, 3.05) is 76.3 Å². The van der Waals surface area contributed by atoms with E-state index >= 15 is 0 Å². The van der Waals surface area contributed by atoms with Crippen molar-refractivity contribution in [3.8, 4) is 57.5 Å². The summed E-state index contributed by atoms with van der Waals surface area (Å²) >= 11 is 4.42. The first-order chi connectivity index (χ1) is 28.7. The first-order valence-electron chi connectivity index (χ1n) is 19.6. The lowest BCUT2D eigenvalue weighted by atomic mass is 9.94. The summed E-state index contributed by atoms with van der Waals surface area (Å²) < 4.78 is 60.9. The first-order valence-corrected chi connectivity index (χ1v) is 20.3. The molecule has 10 aliphatic carbocycles. The molecule has 314 valence electrons. The second-order valence-corrected chi connectivity index (χ2v) is 14.8. The third kappa shape index (κ3) is 9.51. The van der Waals surface area contributed by atoms with Crippen LogP contribution in [0.15, 0.2) is 60.7 Å². The van der Waals surface area contributed by atoms with Crippen molar-refractivity contribution in [1.82, 2.24) is 0 Å². The number of rotatable bonds is 14. The molecule has 0 fully saturated rings. The third-order valence-corrected chi connectivity index (χ3v) is 11.2. The van der Waals surface area contributed by atoms with E-state index in [0.29, 0.717) is 38.7 Å². The van der Waals surface area contributed by atoms with Gasteiger partial charge in [0.15, 0.2) is 0 Å². The summed E-state index contributed by atoms with van der Waals surface area (Å²) in [5.41, 5.74) is 9.34. The summed E-state index contributed by atoms with van der Waals surface area (Å²) in [6, 6.07) is 20.4. The van der Waals surface area contributed by atoms with Crippen LogP contribution in [-0.2, 0) is 32.1 Å². The van der Waals surface area contributed by atoms with Gasteiger partial charge in [0, 0.05) is 87.7 Å². The molecule has 5 aromatic carbocycles. The van der Waals surface area contributed by atoms with Crippen LogP contribution in [0.1, 0.15) is 68.5 Å². The smallest absolute Gasteiger partial charge is 0.123 e. The summed E-state index contributed by atoms with van der Waals surface area (Å²) in [4.78, 5) is 0. The van der Waals surface area contributed by atoms with E-state index in [2.05, 4.69) is 24.8 Å². The number of ether oxygens (including phenoxy) is 10. The largest absolute Gasteiger partial charge is 0.496 e. The van der Waals surface area contributed by atoms with Gasteiger partial charge in [0.25, 0.3) is 0 Å². The maximum Gasteiger partial charge on any atom is 0.123 e. The van der Waals surface area contributed by atoms with Crippen molar-refractivity contribution >= 4 is 12.6 Å². The van der Waals surface area contributed by atoms with E-state index in [9.17, 15) is 0 Å². The Morgan fingerprint density at radius 1 is 0.305 bits per heavy atom. The molecule has 0 atom stereocenters. The summed E-state index contributed by atoms with van der Waals surface area (Å²) in [6.07, 6.45) is 4.32. The molecule has 0 heterocycles. The summed E-state index contributed by atoms with van der Waals surface area (Å²) in [7, 11) is 15.1. The lowest BCUT2D eigenvalue weighted by Gasteiger charge is -2.20. The van der Waals surface area contributed by atoms with Gasteiger partial charge in [0.05, 0.1) is 70.6 Å². The Hall–Kier alpha value is -5.55. The topological polar surface area (TPSA) is 92.3 Å². The maximum absolute atomic E-state index is 6.55. The second-order valence-electron chi connectivity index (χ2n) is 14.3. The Morgan fingerprint density at radius 3 is 0.678 bits per heavy atom. The Morgan fingerprint density at radius 2 is 0.492 bits per heavy atom. The molecule has 0 saturated carbocycles.